The first-order chi connectivity index (χ1) is 30.6. The van der Waals surface area contributed by atoms with E-state index in [0.717, 1.165) is 16.0 Å². The van der Waals surface area contributed by atoms with E-state index in [0.29, 0.717) is 39.2 Å². The van der Waals surface area contributed by atoms with Crippen molar-refractivity contribution in [1.82, 2.24) is 26.3 Å². The molecule has 1 aromatic heterocycles. The Labute approximate surface area is 373 Å². The average Bonchev–Trinajstić information content (AvgIpc) is 3.78. The predicted molar refractivity (Wildman–Crippen MR) is 228 cm³/mol. The van der Waals surface area contributed by atoms with Crippen LogP contribution in [0.2, 0.25) is 0 Å². The number of benzene rings is 2. The van der Waals surface area contributed by atoms with Crippen LogP contribution in [0.1, 0.15) is 36.3 Å². The van der Waals surface area contributed by atoms with E-state index in [-0.39, 0.29) is 64.4 Å². The number of alkyl halides is 3. The summed E-state index contributed by atoms with van der Waals surface area (Å²) in [4.78, 5) is 65.0. The molecule has 0 aliphatic heterocycles. The smallest absolute Gasteiger partial charge is 0.475 e. The van der Waals surface area contributed by atoms with Gasteiger partial charge in [-0.05, 0) is 36.3 Å². The second kappa shape index (κ2) is 31.6. The lowest BCUT2D eigenvalue weighted by molar-refractivity contribution is -0.192. The molecule has 0 saturated heterocycles. The molecular weight excluding hydrogens is 870 g/mol. The molecule has 1 heterocycles. The first-order valence-electron chi connectivity index (χ1n) is 20.3. The van der Waals surface area contributed by atoms with E-state index in [2.05, 4.69) is 26.3 Å². The van der Waals surface area contributed by atoms with E-state index < -0.39 is 54.3 Å². The number of amides is 4. The van der Waals surface area contributed by atoms with Crippen molar-refractivity contribution in [3.05, 3.63) is 88.4 Å². The molecule has 4 amide bonds. The summed E-state index contributed by atoms with van der Waals surface area (Å²) in [6.07, 6.45) is -4.43. The molecule has 2 aromatic carbocycles. The van der Waals surface area contributed by atoms with Crippen molar-refractivity contribution in [1.29, 1.82) is 0 Å². The van der Waals surface area contributed by atoms with Gasteiger partial charge in [-0.1, -0.05) is 74.5 Å². The number of aliphatic hydroxyl groups is 1. The molecule has 3 rings (SSSR count). The Morgan fingerprint density at radius 3 is 1.89 bits per heavy atom. The number of rotatable bonds is 29. The lowest BCUT2D eigenvalue weighted by atomic mass is 9.93. The van der Waals surface area contributed by atoms with Gasteiger partial charge in [0.2, 0.25) is 17.7 Å². The Bertz CT molecular complexity index is 1770. The number of nitrogens with one attached hydrogen (secondary N) is 4. The Kier molecular flexibility index (Phi) is 27.1. The normalized spacial score (nSPS) is 13.1. The summed E-state index contributed by atoms with van der Waals surface area (Å²) in [6, 6.07) is 16.8. The van der Waals surface area contributed by atoms with Crippen LogP contribution >= 0.6 is 11.3 Å². The summed E-state index contributed by atoms with van der Waals surface area (Å²) in [5.41, 5.74) is 8.82. The highest BCUT2D eigenvalue weighted by Crippen LogP contribution is 2.16. The third kappa shape index (κ3) is 25.2. The number of hydrogen-bond donors (Lipinski definition) is 7. The quantitative estimate of drug-likeness (QED) is 0.0494. The summed E-state index contributed by atoms with van der Waals surface area (Å²) in [5, 5.41) is 30.1. The van der Waals surface area contributed by atoms with Gasteiger partial charge in [0.25, 0.3) is 0 Å². The number of carbonyl (C=O) groups excluding carboxylic acids is 4. The molecule has 64 heavy (non-hydrogen) atoms. The molecule has 0 spiro atoms. The number of alkyl carbamates (subject to hydrolysis) is 1. The molecule has 4 atom stereocenters. The first kappa shape index (κ1) is 54.9. The molecule has 22 heteroatoms. The number of thiazole rings is 1. The van der Waals surface area contributed by atoms with Gasteiger partial charge in [-0.25, -0.2) is 9.59 Å². The molecule has 0 aliphatic carbocycles. The zero-order valence-corrected chi connectivity index (χ0v) is 36.6. The Morgan fingerprint density at radius 2 is 1.34 bits per heavy atom. The largest absolute Gasteiger partial charge is 0.490 e. The van der Waals surface area contributed by atoms with Gasteiger partial charge in [-0.15, -0.1) is 11.3 Å². The molecule has 0 aliphatic rings. The monoisotopic (exact) mass is 928 g/mol. The van der Waals surface area contributed by atoms with E-state index in [9.17, 15) is 37.5 Å². The molecule has 0 fully saturated rings. The van der Waals surface area contributed by atoms with E-state index in [1.807, 2.05) is 74.5 Å². The van der Waals surface area contributed by atoms with Gasteiger partial charge >= 0.3 is 18.2 Å². The van der Waals surface area contributed by atoms with E-state index in [1.165, 1.54) is 11.3 Å². The van der Waals surface area contributed by atoms with E-state index >= 15 is 0 Å². The summed E-state index contributed by atoms with van der Waals surface area (Å²) in [6.45, 7) is 5.68. The minimum atomic E-state index is -5.08. The number of carboxylic acid groups (broad SMARTS) is 1. The molecule has 0 unspecified atom stereocenters. The number of nitrogens with two attached hydrogens (primary N) is 1. The molecule has 0 saturated carbocycles. The predicted octanol–water partition coefficient (Wildman–Crippen LogP) is 2.37. The summed E-state index contributed by atoms with van der Waals surface area (Å²) < 4.78 is 58.4. The Balaban J connectivity index is 0.00000185. The number of carboxylic acids is 1. The van der Waals surface area contributed by atoms with Gasteiger partial charge in [-0.3, -0.25) is 19.4 Å². The van der Waals surface area contributed by atoms with Crippen LogP contribution in [0.4, 0.5) is 18.0 Å². The van der Waals surface area contributed by atoms with Crippen LogP contribution in [0.5, 0.6) is 0 Å². The third-order valence-electron chi connectivity index (χ3n) is 8.64. The highest BCUT2D eigenvalue weighted by molar-refractivity contribution is 7.09. The van der Waals surface area contributed by atoms with Crippen LogP contribution in [0.15, 0.2) is 72.4 Å². The van der Waals surface area contributed by atoms with Crippen LogP contribution in [-0.4, -0.2) is 141 Å². The van der Waals surface area contributed by atoms with E-state index in [4.69, 9.17) is 39.3 Å². The van der Waals surface area contributed by atoms with Crippen LogP contribution in [0, 0.1) is 5.92 Å². The van der Waals surface area contributed by atoms with Crippen molar-refractivity contribution in [3.63, 3.8) is 0 Å². The highest BCUT2D eigenvalue weighted by Gasteiger charge is 2.38. The van der Waals surface area contributed by atoms with Crippen LogP contribution in [-0.2, 0) is 62.3 Å². The van der Waals surface area contributed by atoms with Crippen molar-refractivity contribution in [2.24, 2.45) is 11.7 Å². The molecule has 8 N–H and O–H groups in total. The number of hydrogen-bond acceptors (Lipinski definition) is 14. The van der Waals surface area contributed by atoms with Gasteiger partial charge in [0.1, 0.15) is 25.9 Å². The maximum Gasteiger partial charge on any atom is 0.490 e. The fourth-order valence-electron chi connectivity index (χ4n) is 5.55. The van der Waals surface area contributed by atoms with E-state index in [1.54, 1.807) is 11.7 Å². The fourth-order valence-corrected chi connectivity index (χ4v) is 6.06. The number of aliphatic carboxylic acids is 1. The van der Waals surface area contributed by atoms with Crippen molar-refractivity contribution < 1.29 is 71.0 Å². The fraction of sp³-hybridized carbons (Fsp3) is 0.524. The van der Waals surface area contributed by atoms with Gasteiger partial charge in [0, 0.05) is 25.3 Å². The topological polar surface area (TPSA) is 259 Å². The number of halogens is 3. The molecule has 0 radical (unpaired) electrons. The maximum atomic E-state index is 13.8. The third-order valence-corrected chi connectivity index (χ3v) is 9.39. The molecular formula is C42H59F3N6O12S. The number of aromatic nitrogens is 1. The average molecular weight is 929 g/mol. The Morgan fingerprint density at radius 1 is 0.781 bits per heavy atom. The summed E-state index contributed by atoms with van der Waals surface area (Å²) in [7, 11) is 0. The number of nitrogens with zero attached hydrogens (tertiary/aromatic N) is 1. The maximum absolute atomic E-state index is 13.8. The molecule has 18 nitrogen and oxygen atoms in total. The first-order valence-corrected chi connectivity index (χ1v) is 21.2. The zero-order valence-electron chi connectivity index (χ0n) is 35.8. The van der Waals surface area contributed by atoms with Gasteiger partial charge in [-0.2, -0.15) is 13.2 Å². The van der Waals surface area contributed by atoms with Gasteiger partial charge in [0.15, 0.2) is 0 Å². The molecule has 0 bridgehead atoms. The second-order valence-corrected chi connectivity index (χ2v) is 15.2. The number of aliphatic hydroxyl groups excluding tert-OH is 1. The van der Waals surface area contributed by atoms with Gasteiger partial charge in [0.05, 0.1) is 62.2 Å². The minimum Gasteiger partial charge on any atom is -0.475 e. The number of ether oxygens (including phenoxy) is 5. The molecule has 356 valence electrons. The highest BCUT2D eigenvalue weighted by atomic mass is 32.1. The molecule has 3 aromatic rings. The summed E-state index contributed by atoms with van der Waals surface area (Å²) >= 11 is 1.37. The second-order valence-electron chi connectivity index (χ2n) is 14.2. The van der Waals surface area contributed by atoms with Gasteiger partial charge < -0.3 is 60.9 Å². The van der Waals surface area contributed by atoms with Crippen molar-refractivity contribution in [2.75, 3.05) is 65.9 Å². The lowest BCUT2D eigenvalue weighted by Crippen LogP contribution is -2.54. The van der Waals surface area contributed by atoms with Crippen LogP contribution < -0.4 is 27.0 Å². The Hall–Kier alpha value is -5.23. The standard InChI is InChI=1S/C40H58N6O10S.C2HF3O2/c1-29(2)38(46-37(49)27-55-20-18-53-16-14-43-36(48)26-54-19-17-52-15-13-41)39(50)44-32(21-30-9-5-3-6-10-30)23-35(47)34(22-31-11-7-4-8-12-31)45-40(51)56-25-33-24-42-28-57-33;3-2(4,5)1(6)7/h3-12,24,28-29,32,34-35,38,47H,13-23,25-27,41H2,1-2H3,(H,43,48)(H,44,50)(H,45,51)(H,46,49);(H,6,7)/t32-,34-,35-,38-;/m0./s1. The number of carbonyl (C=O) groups is 5. The van der Waals surface area contributed by atoms with Crippen LogP contribution in [0.25, 0.3) is 0 Å². The zero-order chi connectivity index (χ0) is 47.2. The van der Waals surface area contributed by atoms with Crippen molar-refractivity contribution >= 4 is 41.1 Å². The summed E-state index contributed by atoms with van der Waals surface area (Å²) in [5.74, 6) is -4.20. The van der Waals surface area contributed by atoms with Crippen molar-refractivity contribution in [3.8, 4) is 0 Å². The SMILES string of the molecule is CC(C)[C@H](NC(=O)COCCOCCNC(=O)COCCOCCN)C(=O)N[C@@H](Cc1ccccc1)C[C@H](O)[C@H](Cc1ccccc1)NC(=O)OCc1cncs1.O=C(O)C(F)(F)F. The lowest BCUT2D eigenvalue weighted by Gasteiger charge is -2.30. The van der Waals surface area contributed by atoms with Crippen molar-refractivity contribution in [2.45, 2.75) is 70.1 Å². The minimum absolute atomic E-state index is 0.0459. The van der Waals surface area contributed by atoms with Crippen LogP contribution in [0.3, 0.4) is 0 Å².